The highest BCUT2D eigenvalue weighted by molar-refractivity contribution is 6.30. The zero-order valence-electron chi connectivity index (χ0n) is 22.7. The molecule has 2 saturated heterocycles. The van der Waals surface area contributed by atoms with E-state index in [0.29, 0.717) is 35.0 Å². The number of amidine groups is 1. The molecule has 2 aromatic carbocycles. The molecule has 0 aliphatic carbocycles. The van der Waals surface area contributed by atoms with Gasteiger partial charge in [-0.3, -0.25) is 9.89 Å². The van der Waals surface area contributed by atoms with Crippen molar-refractivity contribution < 1.29 is 14.3 Å². The topological polar surface area (TPSA) is 57.6 Å². The second-order valence-corrected chi connectivity index (χ2v) is 10.8. The lowest BCUT2D eigenvalue weighted by Crippen LogP contribution is -2.52. The summed E-state index contributed by atoms with van der Waals surface area (Å²) in [4.78, 5) is 26.1. The summed E-state index contributed by atoms with van der Waals surface area (Å²) in [6, 6.07) is 13.9. The molecule has 204 valence electrons. The standard InChI is InChI=1S/C30H39ClN4O3/c1-4-26-28(21-8-10-22(31)11-9-21)35(29(32-26)25-13-12-24(37-3)20-27(25)38-5-2)30(36)34-18-14-23(15-19-34)33-16-6-7-17-33/h8-13,20,23,26,28H,4-7,14-19H2,1-3H3. The molecule has 2 aromatic rings. The number of carbonyl (C=O) groups excluding carboxylic acids is 1. The minimum absolute atomic E-state index is 0.0118. The number of hydrogen-bond acceptors (Lipinski definition) is 5. The van der Waals surface area contributed by atoms with Crippen LogP contribution in [0.3, 0.4) is 0 Å². The van der Waals surface area contributed by atoms with Gasteiger partial charge in [-0.1, -0.05) is 30.7 Å². The highest BCUT2D eigenvalue weighted by Gasteiger charge is 2.44. The molecule has 2 unspecified atom stereocenters. The fraction of sp³-hybridized carbons (Fsp3) is 0.533. The normalized spacial score (nSPS) is 22.6. The molecule has 2 amide bonds. The lowest BCUT2D eigenvalue weighted by molar-refractivity contribution is 0.117. The van der Waals surface area contributed by atoms with E-state index >= 15 is 0 Å². The molecule has 0 aromatic heterocycles. The van der Waals surface area contributed by atoms with Gasteiger partial charge in [0.2, 0.25) is 0 Å². The van der Waals surface area contributed by atoms with Crippen LogP contribution in [0.4, 0.5) is 4.79 Å². The second-order valence-electron chi connectivity index (χ2n) is 10.3. The molecule has 0 saturated carbocycles. The molecule has 0 bridgehead atoms. The minimum Gasteiger partial charge on any atom is -0.497 e. The Morgan fingerprint density at radius 2 is 1.74 bits per heavy atom. The average molecular weight is 539 g/mol. The Balaban J connectivity index is 1.49. The summed E-state index contributed by atoms with van der Waals surface area (Å²) < 4.78 is 11.5. The van der Waals surface area contributed by atoms with Crippen LogP contribution < -0.4 is 9.47 Å². The number of benzene rings is 2. The number of ether oxygens (including phenoxy) is 2. The number of rotatable bonds is 7. The van der Waals surface area contributed by atoms with Crippen molar-refractivity contribution in [2.75, 3.05) is 39.9 Å². The van der Waals surface area contributed by atoms with E-state index in [4.69, 9.17) is 26.1 Å². The van der Waals surface area contributed by atoms with Crippen LogP contribution in [0, 0.1) is 0 Å². The molecule has 3 aliphatic rings. The quantitative estimate of drug-likeness (QED) is 0.433. The van der Waals surface area contributed by atoms with E-state index in [1.165, 1.54) is 25.9 Å². The molecule has 3 heterocycles. The Hall–Kier alpha value is -2.77. The van der Waals surface area contributed by atoms with Crippen LogP contribution in [-0.2, 0) is 0 Å². The van der Waals surface area contributed by atoms with Crippen molar-refractivity contribution in [3.63, 3.8) is 0 Å². The maximum atomic E-state index is 14.4. The van der Waals surface area contributed by atoms with Crippen LogP contribution in [0.2, 0.25) is 5.02 Å². The molecular formula is C30H39ClN4O3. The number of likely N-dealkylation sites (tertiary alicyclic amines) is 2. The van der Waals surface area contributed by atoms with Crippen molar-refractivity contribution in [3.8, 4) is 11.5 Å². The van der Waals surface area contributed by atoms with E-state index in [1.54, 1.807) is 7.11 Å². The molecule has 8 heteroatoms. The van der Waals surface area contributed by atoms with Crippen molar-refractivity contribution >= 4 is 23.5 Å². The van der Waals surface area contributed by atoms with E-state index in [-0.39, 0.29) is 18.1 Å². The van der Waals surface area contributed by atoms with Crippen LogP contribution in [0.15, 0.2) is 47.5 Å². The SMILES string of the molecule is CCOc1cc(OC)ccc1C1=NC(CC)C(c2ccc(Cl)cc2)N1C(=O)N1CCC(N2CCCC2)CC1. The number of aliphatic imine (C=N–C) groups is 1. The third-order valence-corrected chi connectivity index (χ3v) is 8.37. The van der Waals surface area contributed by atoms with Crippen molar-refractivity contribution in [2.24, 2.45) is 4.99 Å². The first-order valence-electron chi connectivity index (χ1n) is 14.0. The molecule has 0 N–H and O–H groups in total. The first-order valence-corrected chi connectivity index (χ1v) is 14.4. The number of carbonyl (C=O) groups is 1. The highest BCUT2D eigenvalue weighted by atomic mass is 35.5. The number of methoxy groups -OCH3 is 1. The van der Waals surface area contributed by atoms with Crippen LogP contribution >= 0.6 is 11.6 Å². The molecular weight excluding hydrogens is 500 g/mol. The fourth-order valence-corrected chi connectivity index (χ4v) is 6.24. The first kappa shape index (κ1) is 26.8. The molecule has 3 aliphatic heterocycles. The Bertz CT molecular complexity index is 1140. The fourth-order valence-electron chi connectivity index (χ4n) is 6.12. The molecule has 5 rings (SSSR count). The smallest absolute Gasteiger partial charge is 0.326 e. The Labute approximate surface area is 231 Å². The van der Waals surface area contributed by atoms with Crippen molar-refractivity contribution in [1.29, 1.82) is 0 Å². The van der Waals surface area contributed by atoms with Crippen LogP contribution in [0.1, 0.15) is 63.1 Å². The number of amides is 2. The van der Waals surface area contributed by atoms with Gasteiger partial charge in [-0.25, -0.2) is 4.79 Å². The average Bonchev–Trinajstić information content (AvgIpc) is 3.62. The van der Waals surface area contributed by atoms with E-state index in [2.05, 4.69) is 11.8 Å². The van der Waals surface area contributed by atoms with Crippen LogP contribution in [-0.4, -0.2) is 78.5 Å². The third-order valence-electron chi connectivity index (χ3n) is 8.12. The molecule has 0 radical (unpaired) electrons. The number of nitrogens with zero attached hydrogens (tertiary/aromatic N) is 4. The Morgan fingerprint density at radius 3 is 2.37 bits per heavy atom. The summed E-state index contributed by atoms with van der Waals surface area (Å²) >= 11 is 6.24. The minimum atomic E-state index is -0.215. The summed E-state index contributed by atoms with van der Waals surface area (Å²) in [5.41, 5.74) is 1.84. The van der Waals surface area contributed by atoms with Crippen LogP contribution in [0.5, 0.6) is 11.5 Å². The van der Waals surface area contributed by atoms with Gasteiger partial charge >= 0.3 is 6.03 Å². The molecule has 2 atom stereocenters. The molecule has 38 heavy (non-hydrogen) atoms. The van der Waals surface area contributed by atoms with E-state index in [1.807, 2.05) is 59.2 Å². The van der Waals surface area contributed by atoms with Crippen molar-refractivity contribution in [1.82, 2.24) is 14.7 Å². The lowest BCUT2D eigenvalue weighted by Gasteiger charge is -2.40. The Morgan fingerprint density at radius 1 is 1.03 bits per heavy atom. The summed E-state index contributed by atoms with van der Waals surface area (Å²) in [6.45, 7) is 8.49. The van der Waals surface area contributed by atoms with Gasteiger partial charge in [0, 0.05) is 30.2 Å². The number of halogens is 1. The summed E-state index contributed by atoms with van der Waals surface area (Å²) in [7, 11) is 1.64. The lowest BCUT2D eigenvalue weighted by atomic mass is 9.97. The predicted molar refractivity (Wildman–Crippen MR) is 152 cm³/mol. The molecule has 7 nitrogen and oxygen atoms in total. The van der Waals surface area contributed by atoms with Gasteiger partial charge < -0.3 is 19.3 Å². The molecule has 0 spiro atoms. The highest BCUT2D eigenvalue weighted by Crippen LogP contribution is 2.40. The van der Waals surface area contributed by atoms with Gasteiger partial charge in [-0.15, -0.1) is 0 Å². The second kappa shape index (κ2) is 12.0. The number of hydrogen-bond donors (Lipinski definition) is 0. The van der Waals surface area contributed by atoms with Crippen LogP contribution in [0.25, 0.3) is 0 Å². The Kier molecular flexibility index (Phi) is 8.44. The number of urea groups is 1. The van der Waals surface area contributed by atoms with Gasteiger partial charge in [-0.2, -0.15) is 0 Å². The maximum Gasteiger partial charge on any atom is 0.326 e. The largest absolute Gasteiger partial charge is 0.497 e. The summed E-state index contributed by atoms with van der Waals surface area (Å²) in [5.74, 6) is 2.04. The van der Waals surface area contributed by atoms with Gasteiger partial charge in [0.15, 0.2) is 0 Å². The van der Waals surface area contributed by atoms with Gasteiger partial charge in [0.1, 0.15) is 17.3 Å². The predicted octanol–water partition coefficient (Wildman–Crippen LogP) is 6.01. The van der Waals surface area contributed by atoms with Crippen molar-refractivity contribution in [3.05, 3.63) is 58.6 Å². The van der Waals surface area contributed by atoms with Crippen molar-refractivity contribution in [2.45, 2.75) is 64.1 Å². The zero-order valence-corrected chi connectivity index (χ0v) is 23.5. The van der Waals surface area contributed by atoms with Gasteiger partial charge in [0.25, 0.3) is 0 Å². The summed E-state index contributed by atoms with van der Waals surface area (Å²) in [6.07, 6.45) is 5.41. The van der Waals surface area contributed by atoms with Gasteiger partial charge in [0.05, 0.1) is 31.4 Å². The summed E-state index contributed by atoms with van der Waals surface area (Å²) in [5, 5.41) is 0.677. The monoisotopic (exact) mass is 538 g/mol. The molecule has 2 fully saturated rings. The maximum absolute atomic E-state index is 14.4. The zero-order chi connectivity index (χ0) is 26.6. The van der Waals surface area contributed by atoms with Gasteiger partial charge in [-0.05, 0) is 81.9 Å². The van der Waals surface area contributed by atoms with E-state index in [0.717, 1.165) is 43.5 Å². The third kappa shape index (κ3) is 5.36. The number of piperidine rings is 1. The first-order chi connectivity index (χ1) is 18.5. The van der Waals surface area contributed by atoms with E-state index in [9.17, 15) is 4.79 Å². The van der Waals surface area contributed by atoms with E-state index < -0.39 is 0 Å².